The SMILES string of the molecule is Cc1nc(N2CC(C)(NC(=O)OC(C)(C)C)C2)ccc1CN1CCN2C(C)CN(c3ccc(C#N)c4ncccc34)CC2C1. The Morgan fingerprint density at radius 3 is 2.64 bits per heavy atom. The first kappa shape index (κ1) is 30.1. The second kappa shape index (κ2) is 11.5. The highest BCUT2D eigenvalue weighted by Crippen LogP contribution is 2.32. The van der Waals surface area contributed by atoms with Gasteiger partial charge in [-0.1, -0.05) is 6.07 Å². The van der Waals surface area contributed by atoms with Gasteiger partial charge in [0.25, 0.3) is 0 Å². The van der Waals surface area contributed by atoms with Crippen molar-refractivity contribution in [3.8, 4) is 6.07 Å². The molecule has 3 fully saturated rings. The third-order valence-electron chi connectivity index (χ3n) is 9.08. The van der Waals surface area contributed by atoms with Gasteiger partial charge in [0.1, 0.15) is 17.5 Å². The van der Waals surface area contributed by atoms with E-state index >= 15 is 0 Å². The molecule has 232 valence electrons. The maximum Gasteiger partial charge on any atom is 0.408 e. The molecule has 0 bridgehead atoms. The van der Waals surface area contributed by atoms with Crippen LogP contribution in [0.4, 0.5) is 16.3 Å². The van der Waals surface area contributed by atoms with Gasteiger partial charge in [0.15, 0.2) is 0 Å². The molecule has 0 radical (unpaired) electrons. The predicted octanol–water partition coefficient (Wildman–Crippen LogP) is 4.31. The lowest BCUT2D eigenvalue weighted by Crippen LogP contribution is -2.69. The average Bonchev–Trinajstić information content (AvgIpc) is 2.95. The fourth-order valence-electron chi connectivity index (χ4n) is 7.04. The van der Waals surface area contributed by atoms with Crippen LogP contribution in [0.3, 0.4) is 0 Å². The van der Waals surface area contributed by atoms with Gasteiger partial charge in [-0.05, 0) is 77.4 Å². The van der Waals surface area contributed by atoms with Gasteiger partial charge in [-0.25, -0.2) is 9.78 Å². The van der Waals surface area contributed by atoms with Crippen molar-refractivity contribution in [1.29, 1.82) is 5.26 Å². The van der Waals surface area contributed by atoms with E-state index in [0.717, 1.165) is 67.4 Å². The minimum absolute atomic E-state index is 0.332. The Labute approximate surface area is 260 Å². The molecule has 3 aliphatic heterocycles. The Morgan fingerprint density at radius 2 is 1.91 bits per heavy atom. The van der Waals surface area contributed by atoms with E-state index in [2.05, 4.69) is 74.1 Å². The zero-order chi connectivity index (χ0) is 31.2. The number of nitrogens with zero attached hydrogens (tertiary/aromatic N) is 7. The van der Waals surface area contributed by atoms with Crippen molar-refractivity contribution in [3.63, 3.8) is 0 Å². The number of ether oxygens (including phenoxy) is 1. The number of alkyl carbamates (subject to hydrolysis) is 1. The summed E-state index contributed by atoms with van der Waals surface area (Å²) in [6.07, 6.45) is 1.39. The quantitative estimate of drug-likeness (QED) is 0.462. The van der Waals surface area contributed by atoms with Crippen molar-refractivity contribution in [1.82, 2.24) is 25.1 Å². The molecule has 1 aromatic carbocycles. The Balaban J connectivity index is 1.09. The van der Waals surface area contributed by atoms with E-state index in [1.807, 2.05) is 39.8 Å². The van der Waals surface area contributed by atoms with Crippen LogP contribution < -0.4 is 15.1 Å². The van der Waals surface area contributed by atoms with Gasteiger partial charge in [0.2, 0.25) is 0 Å². The molecule has 0 aliphatic carbocycles. The summed E-state index contributed by atoms with van der Waals surface area (Å²) in [7, 11) is 0. The minimum Gasteiger partial charge on any atom is -0.444 e. The molecule has 0 spiro atoms. The number of anilines is 2. The lowest BCUT2D eigenvalue weighted by molar-refractivity contribution is 0.0316. The summed E-state index contributed by atoms with van der Waals surface area (Å²) >= 11 is 0. The number of aromatic nitrogens is 2. The van der Waals surface area contributed by atoms with Crippen molar-refractivity contribution in [2.24, 2.45) is 0 Å². The van der Waals surface area contributed by atoms with Gasteiger partial charge in [0.05, 0.1) is 16.6 Å². The Bertz CT molecular complexity index is 1590. The topological polar surface area (TPSA) is 101 Å². The lowest BCUT2D eigenvalue weighted by Gasteiger charge is -2.51. The lowest BCUT2D eigenvalue weighted by atomic mass is 9.92. The maximum absolute atomic E-state index is 12.3. The maximum atomic E-state index is 12.3. The molecule has 3 aliphatic rings. The highest BCUT2D eigenvalue weighted by molar-refractivity contribution is 5.95. The smallest absolute Gasteiger partial charge is 0.408 e. The molecule has 3 aromatic rings. The van der Waals surface area contributed by atoms with Gasteiger partial charge >= 0.3 is 6.09 Å². The number of nitrogens with one attached hydrogen (secondary N) is 1. The van der Waals surface area contributed by atoms with Gasteiger partial charge in [-0.2, -0.15) is 5.26 Å². The second-order valence-electron chi connectivity index (χ2n) is 14.0. The average molecular weight is 597 g/mol. The highest BCUT2D eigenvalue weighted by atomic mass is 16.6. The molecule has 1 N–H and O–H groups in total. The Hall–Kier alpha value is -3.94. The molecule has 1 amide bonds. The van der Waals surface area contributed by atoms with Gasteiger partial charge in [0, 0.05) is 87.4 Å². The standard InChI is InChI=1S/C34H44N8O2/c1-23-17-40(29-11-9-25(16-35)31-28(29)8-7-13-36-31)20-27-19-39(14-15-42(23)27)18-26-10-12-30(37-24(26)2)41-21-34(6,22-41)38-32(43)44-33(3,4)5/h7-13,23,27H,14-15,17-22H2,1-6H3,(H,38,43). The molecule has 2 atom stereocenters. The van der Waals surface area contributed by atoms with Crippen molar-refractivity contribution in [2.75, 3.05) is 55.6 Å². The second-order valence-corrected chi connectivity index (χ2v) is 14.0. The minimum atomic E-state index is -0.517. The van der Waals surface area contributed by atoms with Crippen LogP contribution in [-0.2, 0) is 11.3 Å². The monoisotopic (exact) mass is 596 g/mol. The van der Waals surface area contributed by atoms with E-state index in [1.54, 1.807) is 6.20 Å². The van der Waals surface area contributed by atoms with E-state index in [1.165, 1.54) is 5.56 Å². The van der Waals surface area contributed by atoms with Crippen LogP contribution >= 0.6 is 0 Å². The molecule has 2 unspecified atom stereocenters. The number of piperazine rings is 2. The molecular weight excluding hydrogens is 552 g/mol. The van der Waals surface area contributed by atoms with Crippen molar-refractivity contribution in [2.45, 2.75) is 71.3 Å². The number of aryl methyl sites for hydroxylation is 1. The van der Waals surface area contributed by atoms with Crippen molar-refractivity contribution < 1.29 is 9.53 Å². The van der Waals surface area contributed by atoms with Crippen LogP contribution in [-0.4, -0.2) is 94.9 Å². The Morgan fingerprint density at radius 1 is 1.11 bits per heavy atom. The van der Waals surface area contributed by atoms with E-state index in [4.69, 9.17) is 9.72 Å². The van der Waals surface area contributed by atoms with Gasteiger partial charge in [-0.15, -0.1) is 0 Å². The molecular formula is C34H44N8O2. The number of rotatable bonds is 5. The zero-order valence-electron chi connectivity index (χ0n) is 26.8. The molecule has 0 saturated carbocycles. The Kier molecular flexibility index (Phi) is 7.89. The molecule has 10 nitrogen and oxygen atoms in total. The van der Waals surface area contributed by atoms with Crippen LogP contribution in [0.5, 0.6) is 0 Å². The first-order valence-electron chi connectivity index (χ1n) is 15.6. The number of carbonyl (C=O) groups excluding carboxylic acids is 1. The molecule has 44 heavy (non-hydrogen) atoms. The van der Waals surface area contributed by atoms with E-state index in [0.29, 0.717) is 30.7 Å². The first-order chi connectivity index (χ1) is 20.9. The largest absolute Gasteiger partial charge is 0.444 e. The van der Waals surface area contributed by atoms with E-state index in [-0.39, 0.29) is 11.6 Å². The fourth-order valence-corrected chi connectivity index (χ4v) is 7.04. The third-order valence-corrected chi connectivity index (χ3v) is 9.08. The molecule has 5 heterocycles. The van der Waals surface area contributed by atoms with Crippen LogP contribution in [0, 0.1) is 18.3 Å². The van der Waals surface area contributed by atoms with Crippen LogP contribution in [0.25, 0.3) is 10.9 Å². The van der Waals surface area contributed by atoms with Crippen molar-refractivity contribution in [3.05, 3.63) is 59.4 Å². The summed E-state index contributed by atoms with van der Waals surface area (Å²) < 4.78 is 5.44. The molecule has 10 heteroatoms. The number of amides is 1. The predicted molar refractivity (Wildman–Crippen MR) is 173 cm³/mol. The molecule has 6 rings (SSSR count). The highest BCUT2D eigenvalue weighted by Gasteiger charge is 2.42. The van der Waals surface area contributed by atoms with Crippen LogP contribution in [0.2, 0.25) is 0 Å². The van der Waals surface area contributed by atoms with Crippen LogP contribution in [0.1, 0.15) is 51.4 Å². The summed E-state index contributed by atoms with van der Waals surface area (Å²) in [5.74, 6) is 0.945. The van der Waals surface area contributed by atoms with Crippen LogP contribution in [0.15, 0.2) is 42.6 Å². The van der Waals surface area contributed by atoms with E-state index in [9.17, 15) is 10.1 Å². The normalized spacial score (nSPS) is 22.2. The fraction of sp³-hybridized carbons (Fsp3) is 0.529. The first-order valence-corrected chi connectivity index (χ1v) is 15.6. The summed E-state index contributed by atoms with van der Waals surface area (Å²) in [5, 5.41) is 13.7. The third kappa shape index (κ3) is 6.17. The number of benzene rings is 1. The number of nitriles is 1. The summed E-state index contributed by atoms with van der Waals surface area (Å²) in [6, 6.07) is 15.5. The van der Waals surface area contributed by atoms with E-state index < -0.39 is 5.60 Å². The summed E-state index contributed by atoms with van der Waals surface area (Å²) in [4.78, 5) is 31.7. The summed E-state index contributed by atoms with van der Waals surface area (Å²) in [5.41, 5.74) is 4.02. The number of fused-ring (bicyclic) bond motifs is 2. The number of hydrogen-bond donors (Lipinski definition) is 1. The number of hydrogen-bond acceptors (Lipinski definition) is 9. The van der Waals surface area contributed by atoms with Gasteiger partial charge in [-0.3, -0.25) is 14.8 Å². The molecule has 3 saturated heterocycles. The zero-order valence-corrected chi connectivity index (χ0v) is 26.8. The number of pyridine rings is 2. The summed E-state index contributed by atoms with van der Waals surface area (Å²) in [6.45, 7) is 19.3. The number of carbonyl (C=O) groups is 1. The van der Waals surface area contributed by atoms with Crippen molar-refractivity contribution >= 4 is 28.5 Å². The van der Waals surface area contributed by atoms with Gasteiger partial charge < -0.3 is 19.9 Å². The molecule has 2 aromatic heterocycles.